The fraction of sp³-hybridized carbons (Fsp3) is 0.462. The third kappa shape index (κ3) is 2.78. The number of rotatable bonds is 4. The van der Waals surface area contributed by atoms with E-state index < -0.39 is 5.82 Å². The van der Waals surface area contributed by atoms with Crippen molar-refractivity contribution in [3.8, 4) is 0 Å². The van der Waals surface area contributed by atoms with E-state index in [1.165, 1.54) is 18.2 Å². The second kappa shape index (κ2) is 4.65. The quantitative estimate of drug-likeness (QED) is 0.878. The van der Waals surface area contributed by atoms with Crippen molar-refractivity contribution in [1.82, 2.24) is 5.32 Å². The summed E-state index contributed by atoms with van der Waals surface area (Å²) in [7, 11) is 0. The van der Waals surface area contributed by atoms with Crippen LogP contribution in [0.2, 0.25) is 5.02 Å². The molecule has 0 bridgehead atoms. The molecule has 2 nitrogen and oxygen atoms in total. The van der Waals surface area contributed by atoms with Crippen LogP contribution in [0.25, 0.3) is 0 Å². The highest BCUT2D eigenvalue weighted by molar-refractivity contribution is 6.30. The van der Waals surface area contributed by atoms with Gasteiger partial charge in [0.1, 0.15) is 5.82 Å². The summed E-state index contributed by atoms with van der Waals surface area (Å²) in [6.45, 7) is 2.73. The summed E-state index contributed by atoms with van der Waals surface area (Å²) in [6.07, 6.45) is 3.33. The molecule has 0 aliphatic heterocycles. The van der Waals surface area contributed by atoms with E-state index in [4.69, 9.17) is 11.6 Å². The highest BCUT2D eigenvalue weighted by Gasteiger charge is 2.40. The summed E-state index contributed by atoms with van der Waals surface area (Å²) in [6, 6.07) is 4.00. The number of hydrogen-bond donors (Lipinski definition) is 1. The topological polar surface area (TPSA) is 29.1 Å². The lowest BCUT2D eigenvalue weighted by Crippen LogP contribution is -2.30. The number of carbonyl (C=O) groups is 1. The molecule has 1 aromatic rings. The lowest BCUT2D eigenvalue weighted by molar-refractivity contribution is 0.0940. The predicted molar refractivity (Wildman–Crippen MR) is 65.7 cm³/mol. The van der Waals surface area contributed by atoms with E-state index >= 15 is 0 Å². The van der Waals surface area contributed by atoms with Crippen LogP contribution in [0.5, 0.6) is 0 Å². The molecule has 1 N–H and O–H groups in total. The first-order valence-corrected chi connectivity index (χ1v) is 6.17. The van der Waals surface area contributed by atoms with Gasteiger partial charge in [0.25, 0.3) is 5.91 Å². The number of carbonyl (C=O) groups excluding carboxylic acids is 1. The SMILES string of the molecule is CCC1(CNC(=O)c2cc(Cl)ccc2F)CC1. The molecule has 0 unspecified atom stereocenters. The molecule has 0 aromatic heterocycles. The summed E-state index contributed by atoms with van der Waals surface area (Å²) in [4.78, 5) is 11.8. The van der Waals surface area contributed by atoms with Crippen molar-refractivity contribution in [3.63, 3.8) is 0 Å². The van der Waals surface area contributed by atoms with Crippen LogP contribution in [0.4, 0.5) is 4.39 Å². The Kier molecular flexibility index (Phi) is 3.38. The molecule has 0 radical (unpaired) electrons. The average molecular weight is 256 g/mol. The Bertz CT molecular complexity index is 443. The van der Waals surface area contributed by atoms with Crippen LogP contribution in [-0.4, -0.2) is 12.5 Å². The lowest BCUT2D eigenvalue weighted by atomic mass is 10.0. The highest BCUT2D eigenvalue weighted by Crippen LogP contribution is 2.47. The molecule has 1 fully saturated rings. The molecule has 17 heavy (non-hydrogen) atoms. The van der Waals surface area contributed by atoms with Gasteiger partial charge in [0.2, 0.25) is 0 Å². The smallest absolute Gasteiger partial charge is 0.254 e. The molecule has 92 valence electrons. The first-order valence-electron chi connectivity index (χ1n) is 5.79. The van der Waals surface area contributed by atoms with Crippen LogP contribution in [-0.2, 0) is 0 Å². The standard InChI is InChI=1S/C13H15ClFNO/c1-2-13(5-6-13)8-16-12(17)10-7-9(14)3-4-11(10)15/h3-4,7H,2,5-6,8H2,1H3,(H,16,17). The van der Waals surface area contributed by atoms with Gasteiger partial charge in [-0.15, -0.1) is 0 Å². The molecule has 1 aliphatic rings. The van der Waals surface area contributed by atoms with Crippen molar-refractivity contribution in [2.45, 2.75) is 26.2 Å². The molecular weight excluding hydrogens is 241 g/mol. The molecule has 2 rings (SSSR count). The molecule has 0 spiro atoms. The van der Waals surface area contributed by atoms with Crippen molar-refractivity contribution in [1.29, 1.82) is 0 Å². The van der Waals surface area contributed by atoms with Gasteiger partial charge in [-0.05, 0) is 42.9 Å². The Morgan fingerprint density at radius 1 is 1.53 bits per heavy atom. The maximum Gasteiger partial charge on any atom is 0.254 e. The zero-order valence-corrected chi connectivity index (χ0v) is 10.5. The van der Waals surface area contributed by atoms with Gasteiger partial charge in [0.15, 0.2) is 0 Å². The van der Waals surface area contributed by atoms with Crippen molar-refractivity contribution in [2.75, 3.05) is 6.54 Å². The fourth-order valence-electron chi connectivity index (χ4n) is 1.87. The maximum absolute atomic E-state index is 13.4. The number of benzene rings is 1. The van der Waals surface area contributed by atoms with Gasteiger partial charge in [0.05, 0.1) is 5.56 Å². The Balaban J connectivity index is 2.02. The van der Waals surface area contributed by atoms with Gasteiger partial charge in [-0.25, -0.2) is 4.39 Å². The van der Waals surface area contributed by atoms with Crippen LogP contribution in [0.3, 0.4) is 0 Å². The molecule has 0 atom stereocenters. The molecule has 1 aliphatic carbocycles. The molecule has 1 amide bonds. The van der Waals surface area contributed by atoms with Crippen LogP contribution >= 0.6 is 11.6 Å². The molecule has 4 heteroatoms. The first-order chi connectivity index (χ1) is 8.06. The molecule has 0 heterocycles. The molecule has 1 saturated carbocycles. The fourth-order valence-corrected chi connectivity index (χ4v) is 2.04. The van der Waals surface area contributed by atoms with E-state index in [9.17, 15) is 9.18 Å². The highest BCUT2D eigenvalue weighted by atomic mass is 35.5. The molecular formula is C13H15ClFNO. The second-order valence-electron chi connectivity index (χ2n) is 4.66. The Morgan fingerprint density at radius 2 is 2.24 bits per heavy atom. The lowest BCUT2D eigenvalue weighted by Gasteiger charge is -2.13. The Hall–Kier alpha value is -1.09. The second-order valence-corrected chi connectivity index (χ2v) is 5.10. The average Bonchev–Trinajstić information content (AvgIpc) is 3.10. The summed E-state index contributed by atoms with van der Waals surface area (Å²) in [5, 5.41) is 3.15. The van der Waals surface area contributed by atoms with Gasteiger partial charge in [0, 0.05) is 11.6 Å². The minimum Gasteiger partial charge on any atom is -0.351 e. The van der Waals surface area contributed by atoms with Crippen molar-refractivity contribution < 1.29 is 9.18 Å². The van der Waals surface area contributed by atoms with Crippen molar-refractivity contribution in [2.24, 2.45) is 5.41 Å². The van der Waals surface area contributed by atoms with Crippen LogP contribution in [0, 0.1) is 11.2 Å². The van der Waals surface area contributed by atoms with Gasteiger partial charge >= 0.3 is 0 Å². The van der Waals surface area contributed by atoms with Crippen molar-refractivity contribution >= 4 is 17.5 Å². The summed E-state index contributed by atoms with van der Waals surface area (Å²) >= 11 is 5.74. The predicted octanol–water partition coefficient (Wildman–Crippen LogP) is 3.40. The first kappa shape index (κ1) is 12.4. The minimum atomic E-state index is -0.534. The normalized spacial score (nSPS) is 16.6. The minimum absolute atomic E-state index is 0.0180. The largest absolute Gasteiger partial charge is 0.351 e. The Morgan fingerprint density at radius 3 is 2.82 bits per heavy atom. The Labute approximate surface area is 105 Å². The number of hydrogen-bond acceptors (Lipinski definition) is 1. The third-order valence-electron chi connectivity index (χ3n) is 3.50. The number of halogens is 2. The van der Waals surface area contributed by atoms with E-state index in [0.29, 0.717) is 11.6 Å². The third-order valence-corrected chi connectivity index (χ3v) is 3.74. The monoisotopic (exact) mass is 255 g/mol. The zero-order chi connectivity index (χ0) is 12.5. The summed E-state index contributed by atoms with van der Waals surface area (Å²) < 4.78 is 13.4. The van der Waals surface area contributed by atoms with E-state index in [-0.39, 0.29) is 16.9 Å². The van der Waals surface area contributed by atoms with E-state index in [2.05, 4.69) is 12.2 Å². The van der Waals surface area contributed by atoms with E-state index in [1.54, 1.807) is 0 Å². The van der Waals surface area contributed by atoms with Crippen molar-refractivity contribution in [3.05, 3.63) is 34.6 Å². The van der Waals surface area contributed by atoms with Gasteiger partial charge in [-0.3, -0.25) is 4.79 Å². The summed E-state index contributed by atoms with van der Waals surface area (Å²) in [5.41, 5.74) is 0.273. The van der Waals surface area contributed by atoms with Crippen LogP contribution in [0.15, 0.2) is 18.2 Å². The van der Waals surface area contributed by atoms with E-state index in [0.717, 1.165) is 19.3 Å². The molecule has 1 aromatic carbocycles. The van der Waals surface area contributed by atoms with E-state index in [1.807, 2.05) is 0 Å². The number of nitrogens with one attached hydrogen (secondary N) is 1. The maximum atomic E-state index is 13.4. The molecule has 0 saturated heterocycles. The number of amides is 1. The summed E-state index contributed by atoms with van der Waals surface area (Å²) in [5.74, 6) is -0.919. The zero-order valence-electron chi connectivity index (χ0n) is 9.72. The van der Waals surface area contributed by atoms with Gasteiger partial charge in [-0.1, -0.05) is 18.5 Å². The van der Waals surface area contributed by atoms with Gasteiger partial charge in [-0.2, -0.15) is 0 Å². The van der Waals surface area contributed by atoms with Crippen LogP contribution < -0.4 is 5.32 Å². The van der Waals surface area contributed by atoms with Gasteiger partial charge < -0.3 is 5.32 Å². The van der Waals surface area contributed by atoms with Crippen LogP contribution in [0.1, 0.15) is 36.5 Å².